The molecule has 2 aromatic carbocycles. The Bertz CT molecular complexity index is 878. The Morgan fingerprint density at radius 3 is 2.28 bits per heavy atom. The van der Waals surface area contributed by atoms with Crippen molar-refractivity contribution in [3.05, 3.63) is 71.8 Å². The zero-order valence-electron chi connectivity index (χ0n) is 19.1. The van der Waals surface area contributed by atoms with Gasteiger partial charge in [0.1, 0.15) is 0 Å². The molecular weight excluding hydrogens is 398 g/mol. The first-order valence-corrected chi connectivity index (χ1v) is 12.0. The number of rotatable bonds is 7. The van der Waals surface area contributed by atoms with E-state index in [0.717, 1.165) is 38.8 Å². The van der Waals surface area contributed by atoms with E-state index in [1.165, 1.54) is 11.1 Å². The van der Waals surface area contributed by atoms with E-state index in [1.54, 1.807) is 0 Å². The Morgan fingerprint density at radius 1 is 0.938 bits per heavy atom. The second kappa shape index (κ2) is 10.8. The minimum Gasteiger partial charge on any atom is -0.352 e. The summed E-state index contributed by atoms with van der Waals surface area (Å²) in [7, 11) is 0. The number of aryl methyl sites for hydroxylation is 1. The van der Waals surface area contributed by atoms with E-state index < -0.39 is 0 Å². The maximum absolute atomic E-state index is 12.9. The molecule has 5 nitrogen and oxygen atoms in total. The Hall–Kier alpha value is -2.66. The van der Waals surface area contributed by atoms with Gasteiger partial charge in [-0.05, 0) is 43.7 Å². The normalized spacial score (nSPS) is 20.8. The summed E-state index contributed by atoms with van der Waals surface area (Å²) >= 11 is 0. The van der Waals surface area contributed by atoms with Crippen LogP contribution in [-0.2, 0) is 16.0 Å². The Labute approximate surface area is 191 Å². The zero-order chi connectivity index (χ0) is 22.3. The average molecular weight is 434 g/mol. The van der Waals surface area contributed by atoms with Gasteiger partial charge in [0.25, 0.3) is 0 Å². The minimum absolute atomic E-state index is 0.0220. The van der Waals surface area contributed by atoms with Crippen molar-refractivity contribution in [3.8, 4) is 0 Å². The van der Waals surface area contributed by atoms with Crippen molar-refractivity contribution < 1.29 is 9.59 Å². The van der Waals surface area contributed by atoms with Gasteiger partial charge in [0.15, 0.2) is 0 Å². The molecule has 0 bridgehead atoms. The third kappa shape index (κ3) is 5.77. The molecule has 0 aliphatic carbocycles. The van der Waals surface area contributed by atoms with Gasteiger partial charge in [-0.3, -0.25) is 14.5 Å². The number of nitrogens with zero attached hydrogens (tertiary/aromatic N) is 2. The average Bonchev–Trinajstić information content (AvgIpc) is 3.31. The molecule has 2 amide bonds. The van der Waals surface area contributed by atoms with E-state index in [2.05, 4.69) is 53.5 Å². The molecule has 1 N–H and O–H groups in total. The molecule has 2 aliphatic heterocycles. The van der Waals surface area contributed by atoms with E-state index in [0.29, 0.717) is 25.6 Å². The van der Waals surface area contributed by atoms with Crippen LogP contribution in [0.15, 0.2) is 60.7 Å². The summed E-state index contributed by atoms with van der Waals surface area (Å²) in [6.07, 6.45) is 3.84. The maximum atomic E-state index is 12.9. The van der Waals surface area contributed by atoms with Gasteiger partial charge < -0.3 is 10.2 Å². The first-order valence-electron chi connectivity index (χ1n) is 12.0. The van der Waals surface area contributed by atoms with Crippen LogP contribution in [0.4, 0.5) is 0 Å². The number of benzene rings is 2. The van der Waals surface area contributed by atoms with Crippen molar-refractivity contribution in [2.75, 3.05) is 26.2 Å². The number of amides is 2. The molecule has 4 rings (SSSR count). The summed E-state index contributed by atoms with van der Waals surface area (Å²) in [4.78, 5) is 29.8. The lowest BCUT2D eigenvalue weighted by atomic mass is 9.95. The van der Waals surface area contributed by atoms with E-state index in [1.807, 2.05) is 29.2 Å². The molecule has 2 heterocycles. The molecule has 2 aromatic rings. The van der Waals surface area contributed by atoms with Crippen LogP contribution in [0.2, 0.25) is 0 Å². The van der Waals surface area contributed by atoms with Gasteiger partial charge in [0.2, 0.25) is 11.8 Å². The van der Waals surface area contributed by atoms with E-state index in [9.17, 15) is 9.59 Å². The van der Waals surface area contributed by atoms with Crippen LogP contribution in [0.3, 0.4) is 0 Å². The summed E-state index contributed by atoms with van der Waals surface area (Å²) in [6, 6.07) is 21.3. The smallest absolute Gasteiger partial charge is 0.223 e. The standard InChI is InChI=1S/C27H35N3O2/c1-21(23-10-6-3-7-11-23)30-19-16-25(20-30)28-27(32)24-14-17-29(18-15-24)26(31)13-12-22-8-4-2-5-9-22/h2-11,21,24-25H,12-20H2,1H3,(H,28,32). The Morgan fingerprint density at radius 2 is 1.59 bits per heavy atom. The van der Waals surface area contributed by atoms with Gasteiger partial charge in [-0.1, -0.05) is 60.7 Å². The highest BCUT2D eigenvalue weighted by atomic mass is 16.2. The maximum Gasteiger partial charge on any atom is 0.223 e. The summed E-state index contributed by atoms with van der Waals surface area (Å²) in [5.74, 6) is 0.392. The van der Waals surface area contributed by atoms with Gasteiger partial charge in [-0.15, -0.1) is 0 Å². The van der Waals surface area contributed by atoms with Gasteiger partial charge in [0, 0.05) is 50.6 Å². The predicted octanol–water partition coefficient (Wildman–Crippen LogP) is 3.81. The molecule has 2 fully saturated rings. The third-order valence-corrected chi connectivity index (χ3v) is 7.08. The lowest BCUT2D eigenvalue weighted by Crippen LogP contribution is -2.46. The first kappa shape index (κ1) is 22.5. The molecule has 2 atom stereocenters. The van der Waals surface area contributed by atoms with Crippen molar-refractivity contribution >= 4 is 11.8 Å². The summed E-state index contributed by atoms with van der Waals surface area (Å²) in [5, 5.41) is 3.29. The zero-order valence-corrected chi connectivity index (χ0v) is 19.1. The van der Waals surface area contributed by atoms with Crippen LogP contribution in [0.25, 0.3) is 0 Å². The summed E-state index contributed by atoms with van der Waals surface area (Å²) in [5.41, 5.74) is 2.52. The number of likely N-dealkylation sites (tertiary alicyclic amines) is 2. The molecule has 0 saturated carbocycles. The molecule has 2 saturated heterocycles. The van der Waals surface area contributed by atoms with E-state index in [-0.39, 0.29) is 23.8 Å². The van der Waals surface area contributed by atoms with E-state index in [4.69, 9.17) is 0 Å². The van der Waals surface area contributed by atoms with Crippen molar-refractivity contribution in [1.82, 2.24) is 15.1 Å². The number of nitrogens with one attached hydrogen (secondary N) is 1. The van der Waals surface area contributed by atoms with Gasteiger partial charge in [-0.25, -0.2) is 0 Å². The molecule has 32 heavy (non-hydrogen) atoms. The highest BCUT2D eigenvalue weighted by molar-refractivity contribution is 5.80. The number of carbonyl (C=O) groups excluding carboxylic acids is 2. The SMILES string of the molecule is CC(c1ccccc1)N1CCC(NC(=O)C2CCN(C(=O)CCc3ccccc3)CC2)C1. The molecule has 0 aromatic heterocycles. The van der Waals surface area contributed by atoms with Gasteiger partial charge in [0.05, 0.1) is 0 Å². The fourth-order valence-electron chi connectivity index (χ4n) is 4.96. The summed E-state index contributed by atoms with van der Waals surface area (Å²) < 4.78 is 0. The van der Waals surface area contributed by atoms with Gasteiger partial charge >= 0.3 is 0 Å². The van der Waals surface area contributed by atoms with Crippen LogP contribution < -0.4 is 5.32 Å². The second-order valence-electron chi connectivity index (χ2n) is 9.22. The molecule has 5 heteroatoms. The van der Waals surface area contributed by atoms with Crippen LogP contribution in [0, 0.1) is 5.92 Å². The van der Waals surface area contributed by atoms with Crippen molar-refractivity contribution in [2.45, 2.75) is 51.1 Å². The lowest BCUT2D eigenvalue weighted by Gasteiger charge is -2.32. The van der Waals surface area contributed by atoms with Crippen LogP contribution in [-0.4, -0.2) is 53.8 Å². The minimum atomic E-state index is 0.0220. The van der Waals surface area contributed by atoms with Gasteiger partial charge in [-0.2, -0.15) is 0 Å². The highest BCUT2D eigenvalue weighted by Crippen LogP contribution is 2.25. The molecular formula is C27H35N3O2. The quantitative estimate of drug-likeness (QED) is 0.722. The largest absolute Gasteiger partial charge is 0.352 e. The number of hydrogen-bond acceptors (Lipinski definition) is 3. The number of hydrogen-bond donors (Lipinski definition) is 1. The van der Waals surface area contributed by atoms with Crippen LogP contribution in [0.1, 0.15) is 49.8 Å². The molecule has 0 spiro atoms. The van der Waals surface area contributed by atoms with Crippen molar-refractivity contribution in [1.29, 1.82) is 0 Å². The first-order chi connectivity index (χ1) is 15.6. The molecule has 170 valence electrons. The van der Waals surface area contributed by atoms with E-state index >= 15 is 0 Å². The predicted molar refractivity (Wildman–Crippen MR) is 127 cm³/mol. The molecule has 0 radical (unpaired) electrons. The number of carbonyl (C=O) groups is 2. The monoisotopic (exact) mass is 433 g/mol. The Kier molecular flexibility index (Phi) is 7.59. The Balaban J connectivity index is 1.18. The highest BCUT2D eigenvalue weighted by Gasteiger charge is 2.31. The fourth-order valence-corrected chi connectivity index (χ4v) is 4.96. The second-order valence-corrected chi connectivity index (χ2v) is 9.22. The molecule has 2 aliphatic rings. The third-order valence-electron chi connectivity index (χ3n) is 7.08. The molecule has 2 unspecified atom stereocenters. The van der Waals surface area contributed by atoms with Crippen LogP contribution in [0.5, 0.6) is 0 Å². The number of piperidine rings is 1. The summed E-state index contributed by atoms with van der Waals surface area (Å²) in [6.45, 7) is 5.53. The topological polar surface area (TPSA) is 52.7 Å². The lowest BCUT2D eigenvalue weighted by molar-refractivity contribution is -0.135. The van der Waals surface area contributed by atoms with Crippen molar-refractivity contribution in [3.63, 3.8) is 0 Å². The fraction of sp³-hybridized carbons (Fsp3) is 0.481. The van der Waals surface area contributed by atoms with Crippen molar-refractivity contribution in [2.24, 2.45) is 5.92 Å². The van der Waals surface area contributed by atoms with Crippen LogP contribution >= 0.6 is 0 Å².